The van der Waals surface area contributed by atoms with Crippen molar-refractivity contribution in [2.45, 2.75) is 20.3 Å². The minimum absolute atomic E-state index is 0.0900. The van der Waals surface area contributed by atoms with Crippen LogP contribution >= 0.6 is 0 Å². The van der Waals surface area contributed by atoms with Crippen molar-refractivity contribution in [3.63, 3.8) is 0 Å². The summed E-state index contributed by atoms with van der Waals surface area (Å²) >= 11 is 0. The Bertz CT molecular complexity index is 863. The van der Waals surface area contributed by atoms with Crippen LogP contribution < -0.4 is 4.74 Å². The number of carbonyl (C=O) groups is 1. The molecule has 5 nitrogen and oxygen atoms in total. The monoisotopic (exact) mass is 319 g/mol. The third-order valence-electron chi connectivity index (χ3n) is 3.37. The van der Waals surface area contributed by atoms with E-state index in [1.807, 2.05) is 32.0 Å². The molecule has 120 valence electrons. The van der Waals surface area contributed by atoms with Gasteiger partial charge in [-0.1, -0.05) is 6.07 Å². The molecule has 0 aliphatic carbocycles. The molecule has 3 heterocycles. The van der Waals surface area contributed by atoms with Crippen molar-refractivity contribution in [3.8, 4) is 11.5 Å². The lowest BCUT2D eigenvalue weighted by Gasteiger charge is -2.08. The summed E-state index contributed by atoms with van der Waals surface area (Å²) in [5.41, 5.74) is 2.71. The molecule has 5 heteroatoms. The van der Waals surface area contributed by atoms with Crippen molar-refractivity contribution < 1.29 is 9.53 Å². The molecule has 0 aliphatic heterocycles. The lowest BCUT2D eigenvalue weighted by Crippen LogP contribution is -2.08. The van der Waals surface area contributed by atoms with Crippen molar-refractivity contribution in [1.82, 2.24) is 15.0 Å². The smallest absolute Gasteiger partial charge is 0.187 e. The molecule has 0 aromatic carbocycles. The molecule has 3 rings (SSSR count). The number of rotatable bonds is 5. The molecule has 0 aliphatic rings. The summed E-state index contributed by atoms with van der Waals surface area (Å²) in [6, 6.07) is 12.7. The summed E-state index contributed by atoms with van der Waals surface area (Å²) in [5.74, 6) is 1.09. The lowest BCUT2D eigenvalue weighted by molar-refractivity contribution is 0.0986. The molecule has 0 N–H and O–H groups in total. The molecule has 24 heavy (non-hydrogen) atoms. The van der Waals surface area contributed by atoms with E-state index in [1.165, 1.54) is 0 Å². The van der Waals surface area contributed by atoms with Gasteiger partial charge in [0.15, 0.2) is 5.78 Å². The van der Waals surface area contributed by atoms with Gasteiger partial charge in [0.05, 0.1) is 12.6 Å². The molecule has 0 radical (unpaired) electrons. The second kappa shape index (κ2) is 7.00. The summed E-state index contributed by atoms with van der Waals surface area (Å²) in [7, 11) is 0. The Morgan fingerprint density at radius 1 is 1.00 bits per heavy atom. The number of hydrogen-bond acceptors (Lipinski definition) is 5. The van der Waals surface area contributed by atoms with E-state index in [9.17, 15) is 4.79 Å². The molecule has 0 fully saturated rings. The largest absolute Gasteiger partial charge is 0.456 e. The fourth-order valence-electron chi connectivity index (χ4n) is 2.34. The van der Waals surface area contributed by atoms with Crippen LogP contribution in [0, 0.1) is 13.8 Å². The normalized spacial score (nSPS) is 10.4. The maximum absolute atomic E-state index is 12.5. The Kier molecular flexibility index (Phi) is 4.61. The van der Waals surface area contributed by atoms with Gasteiger partial charge in [-0.2, -0.15) is 0 Å². The first-order chi connectivity index (χ1) is 11.6. The van der Waals surface area contributed by atoms with Crippen molar-refractivity contribution >= 4 is 5.78 Å². The number of hydrogen-bond donors (Lipinski definition) is 0. The fraction of sp³-hybridized carbons (Fsp3) is 0.158. The highest BCUT2D eigenvalue weighted by molar-refractivity contribution is 5.95. The number of aryl methyl sites for hydroxylation is 2. The molecule has 0 unspecified atom stereocenters. The van der Waals surface area contributed by atoms with E-state index in [0.29, 0.717) is 17.2 Å². The van der Waals surface area contributed by atoms with Gasteiger partial charge in [0.1, 0.15) is 17.2 Å². The van der Waals surface area contributed by atoms with Crippen molar-refractivity contribution in [3.05, 3.63) is 77.6 Å². The number of aromatic nitrogens is 3. The van der Waals surface area contributed by atoms with Crippen LogP contribution in [0.4, 0.5) is 0 Å². The average molecular weight is 319 g/mol. The minimum atomic E-state index is -0.0900. The molecule has 0 amide bonds. The van der Waals surface area contributed by atoms with Gasteiger partial charge in [-0.3, -0.25) is 14.8 Å². The number of nitrogens with zero attached hydrogens (tertiary/aromatic N) is 3. The number of ketones is 1. The van der Waals surface area contributed by atoms with Gasteiger partial charge in [0.2, 0.25) is 0 Å². The molecule has 0 spiro atoms. The summed E-state index contributed by atoms with van der Waals surface area (Å²) in [6.45, 7) is 3.73. The van der Waals surface area contributed by atoms with Gasteiger partial charge in [0.25, 0.3) is 0 Å². The van der Waals surface area contributed by atoms with E-state index < -0.39 is 0 Å². The van der Waals surface area contributed by atoms with Gasteiger partial charge in [0, 0.05) is 35.4 Å². The van der Waals surface area contributed by atoms with E-state index >= 15 is 0 Å². The fourth-order valence-corrected chi connectivity index (χ4v) is 2.34. The number of pyridine rings is 3. The molecule has 3 aromatic heterocycles. The van der Waals surface area contributed by atoms with E-state index in [2.05, 4.69) is 15.0 Å². The summed E-state index contributed by atoms with van der Waals surface area (Å²) < 4.78 is 5.75. The van der Waals surface area contributed by atoms with Crippen LogP contribution in [0.3, 0.4) is 0 Å². The number of Topliss-reactive ketones (excluding diaryl/α,β-unsaturated/α-hetero) is 1. The Balaban J connectivity index is 1.81. The first-order valence-electron chi connectivity index (χ1n) is 7.62. The van der Waals surface area contributed by atoms with Crippen LogP contribution in [-0.2, 0) is 6.42 Å². The quantitative estimate of drug-likeness (QED) is 0.671. The second-order valence-corrected chi connectivity index (χ2v) is 5.49. The molecule has 0 atom stereocenters. The Labute approximate surface area is 140 Å². The van der Waals surface area contributed by atoms with Crippen LogP contribution in [0.2, 0.25) is 0 Å². The lowest BCUT2D eigenvalue weighted by atomic mass is 10.1. The summed E-state index contributed by atoms with van der Waals surface area (Å²) in [5, 5.41) is 0. The van der Waals surface area contributed by atoms with Crippen LogP contribution in [0.1, 0.15) is 27.6 Å². The second-order valence-electron chi connectivity index (χ2n) is 5.49. The topological polar surface area (TPSA) is 65.0 Å². The molecular weight excluding hydrogens is 302 g/mol. The van der Waals surface area contributed by atoms with Gasteiger partial charge < -0.3 is 4.74 Å². The van der Waals surface area contributed by atoms with Crippen LogP contribution in [0.15, 0.2) is 54.9 Å². The Morgan fingerprint density at radius 2 is 1.88 bits per heavy atom. The third-order valence-corrected chi connectivity index (χ3v) is 3.37. The predicted molar refractivity (Wildman–Crippen MR) is 90.3 cm³/mol. The molecule has 3 aromatic rings. The van der Waals surface area contributed by atoms with E-state index in [0.717, 1.165) is 17.1 Å². The summed E-state index contributed by atoms with van der Waals surface area (Å²) in [6.07, 6.45) is 3.51. The van der Waals surface area contributed by atoms with Gasteiger partial charge >= 0.3 is 0 Å². The third kappa shape index (κ3) is 4.01. The molecular formula is C19H17N3O2. The summed E-state index contributed by atoms with van der Waals surface area (Å²) in [4.78, 5) is 25.2. The standard InChI is InChI=1S/C19H17N3O2/c1-13-5-3-6-15(21-13)10-19(23)18-11-17(9-14(2)22-18)24-16-7-4-8-20-12-16/h3-9,11-12H,10H2,1-2H3. The SMILES string of the molecule is Cc1cccc(CC(=O)c2cc(Oc3cccnc3)cc(C)n2)n1. The van der Waals surface area contributed by atoms with E-state index in [4.69, 9.17) is 4.74 Å². The van der Waals surface area contributed by atoms with Crippen molar-refractivity contribution in [2.75, 3.05) is 0 Å². The zero-order chi connectivity index (χ0) is 16.9. The van der Waals surface area contributed by atoms with Crippen LogP contribution in [-0.4, -0.2) is 20.7 Å². The highest BCUT2D eigenvalue weighted by Crippen LogP contribution is 2.22. The first kappa shape index (κ1) is 15.8. The highest BCUT2D eigenvalue weighted by Gasteiger charge is 2.12. The average Bonchev–Trinajstić information content (AvgIpc) is 2.55. The molecule has 0 bridgehead atoms. The van der Waals surface area contributed by atoms with Gasteiger partial charge in [-0.05, 0) is 38.1 Å². The van der Waals surface area contributed by atoms with E-state index in [-0.39, 0.29) is 12.2 Å². The zero-order valence-electron chi connectivity index (χ0n) is 13.6. The zero-order valence-corrected chi connectivity index (χ0v) is 13.6. The van der Waals surface area contributed by atoms with Gasteiger partial charge in [-0.25, -0.2) is 4.98 Å². The van der Waals surface area contributed by atoms with Crippen molar-refractivity contribution in [2.24, 2.45) is 0 Å². The van der Waals surface area contributed by atoms with Crippen LogP contribution in [0.25, 0.3) is 0 Å². The number of ether oxygens (including phenoxy) is 1. The maximum atomic E-state index is 12.5. The molecule has 0 saturated carbocycles. The predicted octanol–water partition coefficient (Wildman–Crippen LogP) is 3.71. The maximum Gasteiger partial charge on any atom is 0.187 e. The Hall–Kier alpha value is -3.08. The Morgan fingerprint density at radius 3 is 2.62 bits per heavy atom. The highest BCUT2D eigenvalue weighted by atomic mass is 16.5. The van der Waals surface area contributed by atoms with Crippen molar-refractivity contribution in [1.29, 1.82) is 0 Å². The van der Waals surface area contributed by atoms with Crippen LogP contribution in [0.5, 0.6) is 11.5 Å². The number of carbonyl (C=O) groups excluding carboxylic acids is 1. The van der Waals surface area contributed by atoms with E-state index in [1.54, 1.807) is 36.7 Å². The minimum Gasteiger partial charge on any atom is -0.456 e. The van der Waals surface area contributed by atoms with Gasteiger partial charge in [-0.15, -0.1) is 0 Å². The molecule has 0 saturated heterocycles. The first-order valence-corrected chi connectivity index (χ1v) is 7.62.